The molecule has 1 unspecified atom stereocenters. The predicted octanol–water partition coefficient (Wildman–Crippen LogP) is 3.83. The number of piperazine rings is 1. The van der Waals surface area contributed by atoms with E-state index in [1.165, 1.54) is 18.4 Å². The molecule has 31 heavy (non-hydrogen) atoms. The van der Waals surface area contributed by atoms with Gasteiger partial charge in [-0.1, -0.05) is 37.4 Å². The number of carbonyl (C=O) groups excluding carboxylic acids is 1. The number of pyridine rings is 1. The van der Waals surface area contributed by atoms with Gasteiger partial charge in [0.15, 0.2) is 5.82 Å². The average Bonchev–Trinajstić information content (AvgIpc) is 2.79. The van der Waals surface area contributed by atoms with E-state index < -0.39 is 6.04 Å². The van der Waals surface area contributed by atoms with Crippen LogP contribution in [0.4, 0.5) is 11.5 Å². The molecule has 162 valence electrons. The molecule has 3 aromatic rings. The third-order valence-electron chi connectivity index (χ3n) is 5.49. The van der Waals surface area contributed by atoms with Gasteiger partial charge in [0.05, 0.1) is 5.52 Å². The van der Waals surface area contributed by atoms with Gasteiger partial charge in [-0.05, 0) is 42.7 Å². The molecular formula is C23H27ClN6O. The molecule has 7 nitrogen and oxygen atoms in total. The fourth-order valence-corrected chi connectivity index (χ4v) is 4.07. The quantitative estimate of drug-likeness (QED) is 0.545. The van der Waals surface area contributed by atoms with Gasteiger partial charge in [0.2, 0.25) is 5.91 Å². The van der Waals surface area contributed by atoms with Crippen LogP contribution >= 0.6 is 11.6 Å². The maximum absolute atomic E-state index is 13.1. The number of fused-ring (bicyclic) bond motifs is 1. The lowest BCUT2D eigenvalue weighted by atomic mass is 10.1. The lowest BCUT2D eigenvalue weighted by molar-refractivity contribution is -0.117. The summed E-state index contributed by atoms with van der Waals surface area (Å²) in [5.74, 6) is 0.579. The Kier molecular flexibility index (Phi) is 6.94. The highest BCUT2D eigenvalue weighted by Gasteiger charge is 2.31. The first kappa shape index (κ1) is 21.5. The van der Waals surface area contributed by atoms with Gasteiger partial charge in [-0.2, -0.15) is 0 Å². The van der Waals surface area contributed by atoms with Crippen molar-refractivity contribution in [2.24, 2.45) is 0 Å². The molecule has 4 rings (SSSR count). The van der Waals surface area contributed by atoms with Gasteiger partial charge >= 0.3 is 0 Å². The summed E-state index contributed by atoms with van der Waals surface area (Å²) in [5, 5.41) is 6.86. The van der Waals surface area contributed by atoms with Gasteiger partial charge < -0.3 is 15.5 Å². The summed E-state index contributed by atoms with van der Waals surface area (Å²) < 4.78 is 0. The molecule has 0 saturated carbocycles. The van der Waals surface area contributed by atoms with Crippen molar-refractivity contribution < 1.29 is 4.79 Å². The van der Waals surface area contributed by atoms with Crippen LogP contribution in [0.1, 0.15) is 31.7 Å². The molecule has 0 spiro atoms. The Bertz CT molecular complexity index is 1060. The number of rotatable bonds is 7. The van der Waals surface area contributed by atoms with E-state index in [0.717, 1.165) is 30.4 Å². The highest BCUT2D eigenvalue weighted by Crippen LogP contribution is 2.25. The van der Waals surface area contributed by atoms with Crippen LogP contribution in [0.5, 0.6) is 0 Å². The second kappa shape index (κ2) is 10.0. The van der Waals surface area contributed by atoms with Crippen molar-refractivity contribution in [2.45, 2.75) is 38.6 Å². The number of hydrogen-bond donors (Lipinski definition) is 2. The zero-order valence-corrected chi connectivity index (χ0v) is 18.4. The first-order valence-corrected chi connectivity index (χ1v) is 11.2. The Morgan fingerprint density at radius 1 is 1.26 bits per heavy atom. The monoisotopic (exact) mass is 438 g/mol. The first-order valence-electron chi connectivity index (χ1n) is 10.8. The molecule has 1 saturated heterocycles. The summed E-state index contributed by atoms with van der Waals surface area (Å²) in [6.45, 7) is 4.14. The lowest BCUT2D eigenvalue weighted by Crippen LogP contribution is -2.57. The van der Waals surface area contributed by atoms with Crippen LogP contribution < -0.4 is 15.5 Å². The number of anilines is 2. The number of aryl methyl sites for hydroxylation is 1. The molecule has 2 N–H and O–H groups in total. The third-order valence-corrected chi connectivity index (χ3v) is 5.73. The van der Waals surface area contributed by atoms with Gasteiger partial charge in [0, 0.05) is 36.5 Å². The topological polar surface area (TPSA) is 83.0 Å². The molecule has 1 amide bonds. The van der Waals surface area contributed by atoms with Crippen molar-refractivity contribution in [2.75, 3.05) is 29.9 Å². The van der Waals surface area contributed by atoms with Crippen molar-refractivity contribution in [1.82, 2.24) is 20.3 Å². The second-order valence-electron chi connectivity index (χ2n) is 7.78. The van der Waals surface area contributed by atoms with Gasteiger partial charge in [0.25, 0.3) is 0 Å². The average molecular weight is 439 g/mol. The lowest BCUT2D eigenvalue weighted by Gasteiger charge is -2.36. The molecule has 0 aliphatic carbocycles. The minimum Gasteiger partial charge on any atom is -0.340 e. The Morgan fingerprint density at radius 3 is 3.00 bits per heavy atom. The summed E-state index contributed by atoms with van der Waals surface area (Å²) in [7, 11) is 0. The van der Waals surface area contributed by atoms with Crippen molar-refractivity contribution in [3.05, 3.63) is 53.4 Å². The number of amides is 1. The normalized spacial score (nSPS) is 16.5. The molecule has 1 aromatic carbocycles. The van der Waals surface area contributed by atoms with E-state index in [1.807, 2.05) is 23.2 Å². The van der Waals surface area contributed by atoms with E-state index in [9.17, 15) is 4.79 Å². The smallest absolute Gasteiger partial charge is 0.248 e. The van der Waals surface area contributed by atoms with E-state index >= 15 is 0 Å². The second-order valence-corrected chi connectivity index (χ2v) is 8.22. The SMILES string of the molecule is CCCCCc1cnc2c(N3CCNCC3C(=O)Nc3cccc(Cl)c3)ncnc2c1. The maximum Gasteiger partial charge on any atom is 0.248 e. The van der Waals surface area contributed by atoms with Crippen LogP contribution in [0, 0.1) is 0 Å². The summed E-state index contributed by atoms with van der Waals surface area (Å²) in [6, 6.07) is 8.83. The number of benzene rings is 1. The van der Waals surface area contributed by atoms with Crippen molar-refractivity contribution in [1.29, 1.82) is 0 Å². The largest absolute Gasteiger partial charge is 0.340 e. The van der Waals surface area contributed by atoms with Crippen LogP contribution in [0.2, 0.25) is 5.02 Å². The number of hydrogen-bond acceptors (Lipinski definition) is 6. The van der Waals surface area contributed by atoms with E-state index in [4.69, 9.17) is 11.6 Å². The van der Waals surface area contributed by atoms with Crippen LogP contribution in [-0.4, -0.2) is 46.5 Å². The maximum atomic E-state index is 13.1. The minimum absolute atomic E-state index is 0.114. The molecule has 1 aliphatic heterocycles. The molecule has 8 heteroatoms. The Labute approximate surface area is 187 Å². The van der Waals surface area contributed by atoms with Gasteiger partial charge in [0.1, 0.15) is 17.9 Å². The highest BCUT2D eigenvalue weighted by molar-refractivity contribution is 6.30. The number of aromatic nitrogens is 3. The highest BCUT2D eigenvalue weighted by atomic mass is 35.5. The van der Waals surface area contributed by atoms with E-state index in [1.54, 1.807) is 18.5 Å². The fraction of sp³-hybridized carbons (Fsp3) is 0.391. The summed E-state index contributed by atoms with van der Waals surface area (Å²) >= 11 is 6.06. The van der Waals surface area contributed by atoms with Crippen LogP contribution in [0.3, 0.4) is 0 Å². The summed E-state index contributed by atoms with van der Waals surface area (Å²) in [4.78, 5) is 28.8. The van der Waals surface area contributed by atoms with E-state index in [0.29, 0.717) is 29.6 Å². The zero-order valence-electron chi connectivity index (χ0n) is 17.6. The molecule has 1 fully saturated rings. The molecule has 2 aromatic heterocycles. The Balaban J connectivity index is 1.59. The fourth-order valence-electron chi connectivity index (χ4n) is 3.88. The summed E-state index contributed by atoms with van der Waals surface area (Å²) in [6.07, 6.45) is 8.00. The molecule has 1 aliphatic rings. The van der Waals surface area contributed by atoms with Crippen molar-refractivity contribution in [3.63, 3.8) is 0 Å². The number of unbranched alkanes of at least 4 members (excludes halogenated alkanes) is 2. The van der Waals surface area contributed by atoms with Crippen LogP contribution in [0.15, 0.2) is 42.9 Å². The van der Waals surface area contributed by atoms with Gasteiger partial charge in [-0.15, -0.1) is 0 Å². The standard InChI is InChI=1S/C23H27ClN6O/c1-2-3-4-6-16-11-19-21(26-13-16)22(28-15-27-19)30-10-9-25-14-20(30)23(31)29-18-8-5-7-17(24)12-18/h5,7-8,11-13,15,20,25H,2-4,6,9-10,14H2,1H3,(H,29,31). The molecule has 0 bridgehead atoms. The number of carbonyl (C=O) groups is 1. The number of halogens is 1. The van der Waals surface area contributed by atoms with Crippen LogP contribution in [0.25, 0.3) is 11.0 Å². The van der Waals surface area contributed by atoms with E-state index in [-0.39, 0.29) is 5.91 Å². The zero-order chi connectivity index (χ0) is 21.6. The molecule has 1 atom stereocenters. The molecule has 0 radical (unpaired) electrons. The van der Waals surface area contributed by atoms with E-state index in [2.05, 4.69) is 38.6 Å². The Hall–Kier alpha value is -2.77. The number of nitrogens with one attached hydrogen (secondary N) is 2. The minimum atomic E-state index is -0.420. The third kappa shape index (κ3) is 5.11. The Morgan fingerprint density at radius 2 is 2.16 bits per heavy atom. The van der Waals surface area contributed by atoms with Crippen LogP contribution in [-0.2, 0) is 11.2 Å². The van der Waals surface area contributed by atoms with Crippen molar-refractivity contribution >= 4 is 40.0 Å². The first-order chi connectivity index (χ1) is 15.2. The molecule has 3 heterocycles. The predicted molar refractivity (Wildman–Crippen MR) is 125 cm³/mol. The number of nitrogens with zero attached hydrogens (tertiary/aromatic N) is 4. The van der Waals surface area contributed by atoms with Gasteiger partial charge in [-0.3, -0.25) is 9.78 Å². The van der Waals surface area contributed by atoms with Gasteiger partial charge in [-0.25, -0.2) is 9.97 Å². The van der Waals surface area contributed by atoms with Crippen molar-refractivity contribution in [3.8, 4) is 0 Å². The summed E-state index contributed by atoms with van der Waals surface area (Å²) in [5.41, 5.74) is 3.39. The molecular weight excluding hydrogens is 412 g/mol.